The van der Waals surface area contributed by atoms with Gasteiger partial charge in [-0.2, -0.15) is 0 Å². The van der Waals surface area contributed by atoms with E-state index in [9.17, 15) is 15.2 Å². The van der Waals surface area contributed by atoms with Gasteiger partial charge in [0.1, 0.15) is 0 Å². The number of aliphatic hydroxyl groups is 1. The Kier molecular flexibility index (Phi) is 2.78. The molecule has 1 heterocycles. The SMILES string of the molecule is Cc1ccc(N2CCC(O)C2)cc1[N+](=O)[O-]. The van der Waals surface area contributed by atoms with Crippen LogP contribution in [0.25, 0.3) is 0 Å². The van der Waals surface area contributed by atoms with Crippen molar-refractivity contribution in [2.75, 3.05) is 18.0 Å². The quantitative estimate of drug-likeness (QED) is 0.608. The van der Waals surface area contributed by atoms with E-state index in [0.29, 0.717) is 12.1 Å². The highest BCUT2D eigenvalue weighted by Crippen LogP contribution is 2.27. The van der Waals surface area contributed by atoms with Crippen LogP contribution < -0.4 is 4.90 Å². The smallest absolute Gasteiger partial charge is 0.274 e. The van der Waals surface area contributed by atoms with Crippen molar-refractivity contribution in [3.63, 3.8) is 0 Å². The van der Waals surface area contributed by atoms with Gasteiger partial charge >= 0.3 is 0 Å². The largest absolute Gasteiger partial charge is 0.391 e. The predicted molar refractivity (Wildman–Crippen MR) is 60.7 cm³/mol. The van der Waals surface area contributed by atoms with E-state index in [1.807, 2.05) is 11.0 Å². The third kappa shape index (κ3) is 1.99. The van der Waals surface area contributed by atoms with Crippen LogP contribution in [0.3, 0.4) is 0 Å². The first kappa shape index (κ1) is 10.9. The molecule has 1 aromatic carbocycles. The van der Waals surface area contributed by atoms with E-state index in [4.69, 9.17) is 0 Å². The Labute approximate surface area is 93.5 Å². The molecule has 1 fully saturated rings. The van der Waals surface area contributed by atoms with E-state index in [1.165, 1.54) is 0 Å². The molecular formula is C11H14N2O3. The zero-order valence-electron chi connectivity index (χ0n) is 9.09. The third-order valence-corrected chi connectivity index (χ3v) is 2.92. The Hall–Kier alpha value is -1.62. The molecule has 5 heteroatoms. The number of hydrogen-bond acceptors (Lipinski definition) is 4. The fourth-order valence-electron chi connectivity index (χ4n) is 1.97. The van der Waals surface area contributed by atoms with E-state index < -0.39 is 0 Å². The first-order valence-corrected chi connectivity index (χ1v) is 5.26. The Bertz CT molecular complexity index is 420. The van der Waals surface area contributed by atoms with Crippen molar-refractivity contribution in [2.45, 2.75) is 19.4 Å². The van der Waals surface area contributed by atoms with Gasteiger partial charge in [-0.25, -0.2) is 0 Å². The summed E-state index contributed by atoms with van der Waals surface area (Å²) >= 11 is 0. The molecule has 16 heavy (non-hydrogen) atoms. The molecular weight excluding hydrogens is 208 g/mol. The van der Waals surface area contributed by atoms with Gasteiger partial charge in [-0.3, -0.25) is 10.1 Å². The molecule has 1 aromatic rings. The van der Waals surface area contributed by atoms with Gasteiger partial charge in [0, 0.05) is 30.4 Å². The molecule has 1 aliphatic heterocycles. The number of nitro benzene ring substituents is 1. The molecule has 1 atom stereocenters. The lowest BCUT2D eigenvalue weighted by atomic mass is 10.2. The minimum Gasteiger partial charge on any atom is -0.391 e. The Morgan fingerprint density at radius 3 is 2.88 bits per heavy atom. The minimum absolute atomic E-state index is 0.138. The molecule has 0 aromatic heterocycles. The van der Waals surface area contributed by atoms with E-state index >= 15 is 0 Å². The van der Waals surface area contributed by atoms with E-state index in [0.717, 1.165) is 18.7 Å². The number of rotatable bonds is 2. The predicted octanol–water partition coefficient (Wildman–Crippen LogP) is 1.47. The van der Waals surface area contributed by atoms with Crippen LogP contribution in [-0.4, -0.2) is 29.2 Å². The fourth-order valence-corrected chi connectivity index (χ4v) is 1.97. The first-order chi connectivity index (χ1) is 7.58. The van der Waals surface area contributed by atoms with E-state index in [-0.39, 0.29) is 16.7 Å². The highest BCUT2D eigenvalue weighted by molar-refractivity contribution is 5.57. The van der Waals surface area contributed by atoms with Crippen molar-refractivity contribution >= 4 is 11.4 Å². The Balaban J connectivity index is 2.29. The van der Waals surface area contributed by atoms with E-state index in [1.54, 1.807) is 19.1 Å². The summed E-state index contributed by atoms with van der Waals surface area (Å²) in [6.45, 7) is 3.03. The average molecular weight is 222 g/mol. The third-order valence-electron chi connectivity index (χ3n) is 2.92. The number of hydrogen-bond donors (Lipinski definition) is 1. The number of aryl methyl sites for hydroxylation is 1. The van der Waals surface area contributed by atoms with Gasteiger partial charge in [-0.15, -0.1) is 0 Å². The van der Waals surface area contributed by atoms with Crippen molar-refractivity contribution in [3.8, 4) is 0 Å². The number of benzene rings is 1. The van der Waals surface area contributed by atoms with Gasteiger partial charge < -0.3 is 10.0 Å². The van der Waals surface area contributed by atoms with Crippen LogP contribution in [0.15, 0.2) is 18.2 Å². The zero-order valence-corrected chi connectivity index (χ0v) is 9.09. The zero-order chi connectivity index (χ0) is 11.7. The van der Waals surface area contributed by atoms with Crippen LogP contribution in [0.5, 0.6) is 0 Å². The molecule has 5 nitrogen and oxygen atoms in total. The summed E-state index contributed by atoms with van der Waals surface area (Å²) in [5.74, 6) is 0. The second kappa shape index (κ2) is 4.09. The van der Waals surface area contributed by atoms with Crippen LogP contribution in [0.1, 0.15) is 12.0 Å². The summed E-state index contributed by atoms with van der Waals surface area (Å²) < 4.78 is 0. The highest BCUT2D eigenvalue weighted by Gasteiger charge is 2.22. The maximum absolute atomic E-state index is 10.8. The first-order valence-electron chi connectivity index (χ1n) is 5.26. The minimum atomic E-state index is -0.370. The lowest BCUT2D eigenvalue weighted by molar-refractivity contribution is -0.385. The molecule has 0 amide bonds. The van der Waals surface area contributed by atoms with Gasteiger partial charge in [0.2, 0.25) is 0 Å². The van der Waals surface area contributed by atoms with Crippen LogP contribution in [0.2, 0.25) is 0 Å². The molecule has 0 spiro atoms. The lowest BCUT2D eigenvalue weighted by Gasteiger charge is -2.17. The number of nitro groups is 1. The topological polar surface area (TPSA) is 66.6 Å². The molecule has 0 aliphatic carbocycles. The molecule has 0 saturated carbocycles. The monoisotopic (exact) mass is 222 g/mol. The number of anilines is 1. The summed E-state index contributed by atoms with van der Waals surface area (Å²) in [6, 6.07) is 5.19. The van der Waals surface area contributed by atoms with E-state index in [2.05, 4.69) is 0 Å². The van der Waals surface area contributed by atoms with Crippen LogP contribution in [0.4, 0.5) is 11.4 Å². The molecule has 0 radical (unpaired) electrons. The maximum atomic E-state index is 10.8. The van der Waals surface area contributed by atoms with Crippen LogP contribution in [0, 0.1) is 17.0 Å². The fraction of sp³-hybridized carbons (Fsp3) is 0.455. The molecule has 2 rings (SSSR count). The number of nitrogens with zero attached hydrogens (tertiary/aromatic N) is 2. The Morgan fingerprint density at radius 2 is 2.31 bits per heavy atom. The molecule has 1 saturated heterocycles. The maximum Gasteiger partial charge on any atom is 0.274 e. The lowest BCUT2D eigenvalue weighted by Crippen LogP contribution is -2.21. The molecule has 1 aliphatic rings. The second-order valence-corrected chi connectivity index (χ2v) is 4.12. The molecule has 1 N–H and O–H groups in total. The number of aliphatic hydroxyl groups excluding tert-OH is 1. The summed E-state index contributed by atoms with van der Waals surface area (Å²) in [6.07, 6.45) is 0.405. The average Bonchev–Trinajstić information content (AvgIpc) is 2.65. The van der Waals surface area contributed by atoms with Crippen molar-refractivity contribution < 1.29 is 10.0 Å². The van der Waals surface area contributed by atoms with Crippen LogP contribution >= 0.6 is 0 Å². The van der Waals surface area contributed by atoms with Crippen molar-refractivity contribution in [2.24, 2.45) is 0 Å². The van der Waals surface area contributed by atoms with Gasteiger partial charge in [-0.05, 0) is 19.4 Å². The van der Waals surface area contributed by atoms with Gasteiger partial charge in [0.05, 0.1) is 11.0 Å². The number of β-amino-alcohol motifs (C(OH)–C–C–N with tert-alkyl or cyclic N) is 1. The van der Waals surface area contributed by atoms with Gasteiger partial charge in [0.25, 0.3) is 5.69 Å². The second-order valence-electron chi connectivity index (χ2n) is 4.12. The van der Waals surface area contributed by atoms with Gasteiger partial charge in [-0.1, -0.05) is 6.07 Å². The van der Waals surface area contributed by atoms with Crippen LogP contribution in [-0.2, 0) is 0 Å². The van der Waals surface area contributed by atoms with Crippen molar-refractivity contribution in [3.05, 3.63) is 33.9 Å². The summed E-state index contributed by atoms with van der Waals surface area (Å²) in [7, 11) is 0. The molecule has 1 unspecified atom stereocenters. The van der Waals surface area contributed by atoms with Gasteiger partial charge in [0.15, 0.2) is 0 Å². The Morgan fingerprint density at radius 1 is 1.56 bits per heavy atom. The summed E-state index contributed by atoms with van der Waals surface area (Å²) in [5, 5.41) is 20.2. The standard InChI is InChI=1S/C11H14N2O3/c1-8-2-3-9(6-11(8)13(15)16)12-5-4-10(14)7-12/h2-3,6,10,14H,4-5,7H2,1H3. The molecule has 86 valence electrons. The highest BCUT2D eigenvalue weighted by atomic mass is 16.6. The molecule has 0 bridgehead atoms. The van der Waals surface area contributed by atoms with Crippen molar-refractivity contribution in [1.82, 2.24) is 0 Å². The summed E-state index contributed by atoms with van der Waals surface area (Å²) in [4.78, 5) is 12.4. The van der Waals surface area contributed by atoms with Crippen molar-refractivity contribution in [1.29, 1.82) is 0 Å². The normalized spacial score (nSPS) is 20.1. The summed E-state index contributed by atoms with van der Waals surface area (Å²) in [5.41, 5.74) is 1.61.